The summed E-state index contributed by atoms with van der Waals surface area (Å²) in [6, 6.07) is 8.62. The molecule has 1 N–H and O–H groups in total. The maximum Gasteiger partial charge on any atom is 0.0808 e. The van der Waals surface area contributed by atoms with Gasteiger partial charge in [0.2, 0.25) is 0 Å². The average Bonchev–Trinajstić information content (AvgIpc) is 2.47. The monoisotopic (exact) mass is 263 g/mol. The molecule has 0 saturated carbocycles. The molecule has 2 rings (SSSR count). The highest BCUT2D eigenvalue weighted by Gasteiger charge is 2.13. The summed E-state index contributed by atoms with van der Waals surface area (Å²) in [7, 11) is 0. The molecule has 0 radical (unpaired) electrons. The van der Waals surface area contributed by atoms with Gasteiger partial charge in [0.25, 0.3) is 0 Å². The van der Waals surface area contributed by atoms with E-state index in [2.05, 4.69) is 36.5 Å². The molecule has 1 aliphatic heterocycles. The van der Waals surface area contributed by atoms with Crippen LogP contribution in [0.2, 0.25) is 0 Å². The van der Waals surface area contributed by atoms with Crippen molar-refractivity contribution in [2.24, 2.45) is 0 Å². The first kappa shape index (κ1) is 14.5. The SMILES string of the molecule is CCNCc1ccc(COCC2CCCCO2)cc1. The molecule has 0 aliphatic carbocycles. The lowest BCUT2D eigenvalue weighted by atomic mass is 10.1. The standard InChI is InChI=1S/C16H25NO2/c1-2-17-11-14-6-8-15(9-7-14)12-18-13-16-5-3-4-10-19-16/h6-9,16-17H,2-5,10-13H2,1H3. The van der Waals surface area contributed by atoms with E-state index in [-0.39, 0.29) is 0 Å². The van der Waals surface area contributed by atoms with Crippen LogP contribution in [0.5, 0.6) is 0 Å². The molecule has 1 aromatic carbocycles. The first-order valence-electron chi connectivity index (χ1n) is 7.36. The molecule has 0 aromatic heterocycles. The van der Waals surface area contributed by atoms with Crippen LogP contribution in [0.1, 0.15) is 37.3 Å². The highest BCUT2D eigenvalue weighted by Crippen LogP contribution is 2.13. The predicted octanol–water partition coefficient (Wildman–Crippen LogP) is 2.88. The summed E-state index contributed by atoms with van der Waals surface area (Å²) >= 11 is 0. The van der Waals surface area contributed by atoms with Crippen molar-refractivity contribution in [3.63, 3.8) is 0 Å². The fourth-order valence-corrected chi connectivity index (χ4v) is 2.27. The second kappa shape index (κ2) is 8.31. The Morgan fingerprint density at radius 1 is 1.21 bits per heavy atom. The molecule has 1 heterocycles. The molecule has 1 aliphatic rings. The van der Waals surface area contributed by atoms with Crippen LogP contribution in [-0.2, 0) is 22.6 Å². The van der Waals surface area contributed by atoms with E-state index in [1.54, 1.807) is 0 Å². The minimum Gasteiger partial charge on any atom is -0.376 e. The Kier molecular flexibility index (Phi) is 6.34. The van der Waals surface area contributed by atoms with E-state index in [1.165, 1.54) is 24.0 Å². The van der Waals surface area contributed by atoms with E-state index >= 15 is 0 Å². The number of hydrogen-bond acceptors (Lipinski definition) is 3. The Balaban J connectivity index is 1.67. The zero-order valence-corrected chi connectivity index (χ0v) is 11.9. The van der Waals surface area contributed by atoms with E-state index in [0.29, 0.717) is 12.7 Å². The summed E-state index contributed by atoms with van der Waals surface area (Å²) in [6.07, 6.45) is 3.92. The van der Waals surface area contributed by atoms with Crippen LogP contribution >= 0.6 is 0 Å². The van der Waals surface area contributed by atoms with Gasteiger partial charge < -0.3 is 14.8 Å². The molecular formula is C16H25NO2. The van der Waals surface area contributed by atoms with E-state index in [0.717, 1.165) is 32.7 Å². The maximum atomic E-state index is 5.74. The molecule has 3 heteroatoms. The van der Waals surface area contributed by atoms with Gasteiger partial charge in [-0.3, -0.25) is 0 Å². The van der Waals surface area contributed by atoms with Crippen LogP contribution in [-0.4, -0.2) is 25.9 Å². The minimum absolute atomic E-state index is 0.307. The topological polar surface area (TPSA) is 30.5 Å². The Bertz CT molecular complexity index is 344. The van der Waals surface area contributed by atoms with Crippen molar-refractivity contribution in [1.29, 1.82) is 0 Å². The molecule has 19 heavy (non-hydrogen) atoms. The van der Waals surface area contributed by atoms with Gasteiger partial charge in [-0.15, -0.1) is 0 Å². The van der Waals surface area contributed by atoms with E-state index < -0.39 is 0 Å². The molecule has 1 unspecified atom stereocenters. The predicted molar refractivity (Wildman–Crippen MR) is 77.1 cm³/mol. The first-order chi connectivity index (χ1) is 9.38. The molecule has 3 nitrogen and oxygen atoms in total. The third-order valence-corrected chi connectivity index (χ3v) is 3.45. The van der Waals surface area contributed by atoms with Gasteiger partial charge >= 0.3 is 0 Å². The first-order valence-corrected chi connectivity index (χ1v) is 7.36. The minimum atomic E-state index is 0.307. The Labute approximate surface area is 116 Å². The molecular weight excluding hydrogens is 238 g/mol. The summed E-state index contributed by atoms with van der Waals surface area (Å²) in [5.41, 5.74) is 2.55. The maximum absolute atomic E-state index is 5.74. The number of benzene rings is 1. The number of nitrogens with one attached hydrogen (secondary N) is 1. The summed E-state index contributed by atoms with van der Waals surface area (Å²) in [5.74, 6) is 0. The summed E-state index contributed by atoms with van der Waals surface area (Å²) in [5, 5.41) is 3.32. The Morgan fingerprint density at radius 2 is 2.00 bits per heavy atom. The average molecular weight is 263 g/mol. The van der Waals surface area contributed by atoms with Gasteiger partial charge in [-0.25, -0.2) is 0 Å². The van der Waals surface area contributed by atoms with Crippen molar-refractivity contribution < 1.29 is 9.47 Å². The molecule has 1 fully saturated rings. The molecule has 106 valence electrons. The fraction of sp³-hybridized carbons (Fsp3) is 0.625. The molecule has 1 aromatic rings. The van der Waals surface area contributed by atoms with Crippen LogP contribution in [0.4, 0.5) is 0 Å². The zero-order valence-electron chi connectivity index (χ0n) is 11.9. The summed E-state index contributed by atoms with van der Waals surface area (Å²) < 4.78 is 11.4. The lowest BCUT2D eigenvalue weighted by molar-refractivity contribution is -0.0447. The fourth-order valence-electron chi connectivity index (χ4n) is 2.27. The van der Waals surface area contributed by atoms with Gasteiger partial charge in [-0.2, -0.15) is 0 Å². The summed E-state index contributed by atoms with van der Waals surface area (Å²) in [4.78, 5) is 0. The number of ether oxygens (including phenoxy) is 2. The molecule has 1 atom stereocenters. The van der Waals surface area contributed by atoms with Crippen molar-refractivity contribution in [3.8, 4) is 0 Å². The molecule has 0 bridgehead atoms. The van der Waals surface area contributed by atoms with Crippen molar-refractivity contribution in [1.82, 2.24) is 5.32 Å². The Morgan fingerprint density at radius 3 is 2.68 bits per heavy atom. The summed E-state index contributed by atoms with van der Waals surface area (Å²) in [6.45, 7) is 6.36. The number of rotatable bonds is 7. The van der Waals surface area contributed by atoms with Gasteiger partial charge in [-0.1, -0.05) is 31.2 Å². The zero-order chi connectivity index (χ0) is 13.3. The lowest BCUT2D eigenvalue weighted by Gasteiger charge is -2.22. The van der Waals surface area contributed by atoms with Gasteiger partial charge in [-0.05, 0) is 36.9 Å². The molecule has 0 spiro atoms. The van der Waals surface area contributed by atoms with Gasteiger partial charge in [0.15, 0.2) is 0 Å². The van der Waals surface area contributed by atoms with E-state index in [9.17, 15) is 0 Å². The van der Waals surface area contributed by atoms with Crippen LogP contribution in [0, 0.1) is 0 Å². The second-order valence-electron chi connectivity index (χ2n) is 5.10. The van der Waals surface area contributed by atoms with Crippen LogP contribution in [0.15, 0.2) is 24.3 Å². The van der Waals surface area contributed by atoms with Crippen LogP contribution in [0.25, 0.3) is 0 Å². The van der Waals surface area contributed by atoms with Crippen molar-refractivity contribution >= 4 is 0 Å². The lowest BCUT2D eigenvalue weighted by Crippen LogP contribution is -2.24. The molecule has 0 amide bonds. The quantitative estimate of drug-likeness (QED) is 0.820. The van der Waals surface area contributed by atoms with Gasteiger partial charge in [0.1, 0.15) is 0 Å². The highest BCUT2D eigenvalue weighted by molar-refractivity contribution is 5.21. The van der Waals surface area contributed by atoms with Gasteiger partial charge in [0.05, 0.1) is 19.3 Å². The third kappa shape index (κ3) is 5.31. The van der Waals surface area contributed by atoms with E-state index in [4.69, 9.17) is 9.47 Å². The largest absolute Gasteiger partial charge is 0.376 e. The van der Waals surface area contributed by atoms with Crippen molar-refractivity contribution in [3.05, 3.63) is 35.4 Å². The Hall–Kier alpha value is -0.900. The van der Waals surface area contributed by atoms with E-state index in [1.807, 2.05) is 0 Å². The normalized spacial score (nSPS) is 19.5. The number of hydrogen-bond donors (Lipinski definition) is 1. The van der Waals surface area contributed by atoms with Gasteiger partial charge in [0, 0.05) is 13.2 Å². The van der Waals surface area contributed by atoms with Crippen molar-refractivity contribution in [2.45, 2.75) is 45.4 Å². The van der Waals surface area contributed by atoms with Crippen LogP contribution < -0.4 is 5.32 Å². The second-order valence-corrected chi connectivity index (χ2v) is 5.10. The highest BCUT2D eigenvalue weighted by atomic mass is 16.5. The molecule has 1 saturated heterocycles. The van der Waals surface area contributed by atoms with Crippen molar-refractivity contribution in [2.75, 3.05) is 19.8 Å². The smallest absolute Gasteiger partial charge is 0.0808 e. The third-order valence-electron chi connectivity index (χ3n) is 3.45. The van der Waals surface area contributed by atoms with Crippen LogP contribution in [0.3, 0.4) is 0 Å².